The highest BCUT2D eigenvalue weighted by molar-refractivity contribution is 9.10. The number of hydrogen-bond donors (Lipinski definition) is 2. The Labute approximate surface area is 137 Å². The molecule has 0 heterocycles. The summed E-state index contributed by atoms with van der Waals surface area (Å²) in [6.45, 7) is 4.28. The lowest BCUT2D eigenvalue weighted by Gasteiger charge is -2.14. The number of nitrogen functional groups attached to an aromatic ring is 1. The van der Waals surface area contributed by atoms with Crippen molar-refractivity contribution in [2.24, 2.45) is 5.73 Å². The van der Waals surface area contributed by atoms with Crippen molar-refractivity contribution in [3.8, 4) is 5.75 Å². The van der Waals surface area contributed by atoms with Crippen LogP contribution < -0.4 is 10.5 Å². The third kappa shape index (κ3) is 3.77. The Kier molecular flexibility index (Phi) is 4.91. The molecule has 21 heavy (non-hydrogen) atoms. The maximum Gasteiger partial charge on any atom is 0.125 e. The zero-order chi connectivity index (χ0) is 15.6. The number of hydrogen-bond acceptors (Lipinski definition) is 2. The van der Waals surface area contributed by atoms with E-state index in [1.165, 1.54) is 0 Å². The van der Waals surface area contributed by atoms with Crippen molar-refractivity contribution in [3.63, 3.8) is 0 Å². The van der Waals surface area contributed by atoms with E-state index >= 15 is 0 Å². The third-order valence-corrected chi connectivity index (χ3v) is 4.00. The average molecular weight is 368 g/mol. The first-order chi connectivity index (χ1) is 9.88. The van der Waals surface area contributed by atoms with Crippen LogP contribution in [0, 0.1) is 19.3 Å². The van der Waals surface area contributed by atoms with Crippen molar-refractivity contribution >= 4 is 33.4 Å². The van der Waals surface area contributed by atoms with Crippen LogP contribution in [-0.2, 0) is 6.61 Å². The van der Waals surface area contributed by atoms with E-state index in [0.29, 0.717) is 17.2 Å². The van der Waals surface area contributed by atoms with Gasteiger partial charge in [0, 0.05) is 20.6 Å². The lowest BCUT2D eigenvalue weighted by molar-refractivity contribution is 0.302. The molecular formula is C16H16BrClN2O. The molecule has 0 aliphatic rings. The second kappa shape index (κ2) is 6.50. The largest absolute Gasteiger partial charge is 0.488 e. The number of nitrogens with two attached hydrogens (primary N) is 1. The van der Waals surface area contributed by atoms with Crippen molar-refractivity contribution in [1.29, 1.82) is 5.41 Å². The van der Waals surface area contributed by atoms with E-state index < -0.39 is 0 Å². The Hall–Kier alpha value is -1.52. The van der Waals surface area contributed by atoms with Gasteiger partial charge in [-0.05, 0) is 49.2 Å². The molecule has 0 spiro atoms. The van der Waals surface area contributed by atoms with E-state index in [1.54, 1.807) is 0 Å². The molecule has 0 aliphatic heterocycles. The van der Waals surface area contributed by atoms with Gasteiger partial charge in [0.2, 0.25) is 0 Å². The molecule has 3 N–H and O–H groups in total. The van der Waals surface area contributed by atoms with Crippen LogP contribution in [0.2, 0.25) is 5.02 Å². The molecule has 0 radical (unpaired) electrons. The quantitative estimate of drug-likeness (QED) is 0.613. The van der Waals surface area contributed by atoms with Crippen LogP contribution in [-0.4, -0.2) is 5.84 Å². The second-order valence-electron chi connectivity index (χ2n) is 4.88. The van der Waals surface area contributed by atoms with Crippen molar-refractivity contribution in [1.82, 2.24) is 0 Å². The number of nitrogens with one attached hydrogen (secondary N) is 1. The third-order valence-electron chi connectivity index (χ3n) is 3.16. The first kappa shape index (κ1) is 15.9. The summed E-state index contributed by atoms with van der Waals surface area (Å²) in [4.78, 5) is 0. The Bertz CT molecular complexity index is 678. The molecule has 110 valence electrons. The summed E-state index contributed by atoms with van der Waals surface area (Å²) in [5.74, 6) is 0.864. The van der Waals surface area contributed by atoms with Gasteiger partial charge in [0.1, 0.15) is 18.2 Å². The van der Waals surface area contributed by atoms with E-state index in [0.717, 1.165) is 26.9 Å². The summed E-state index contributed by atoms with van der Waals surface area (Å²) >= 11 is 9.57. The molecule has 0 bridgehead atoms. The SMILES string of the molecule is Cc1cc(C(=N)N)cc(C)c1OCc1ccc(Br)cc1Cl. The van der Waals surface area contributed by atoms with Gasteiger partial charge < -0.3 is 10.5 Å². The summed E-state index contributed by atoms with van der Waals surface area (Å²) in [5, 5.41) is 8.17. The summed E-state index contributed by atoms with van der Waals surface area (Å²) < 4.78 is 6.84. The van der Waals surface area contributed by atoms with E-state index in [-0.39, 0.29) is 5.84 Å². The number of ether oxygens (including phenoxy) is 1. The molecular weight excluding hydrogens is 352 g/mol. The monoisotopic (exact) mass is 366 g/mol. The zero-order valence-electron chi connectivity index (χ0n) is 11.8. The van der Waals surface area contributed by atoms with E-state index in [9.17, 15) is 0 Å². The van der Waals surface area contributed by atoms with Crippen LogP contribution in [0.25, 0.3) is 0 Å². The fraction of sp³-hybridized carbons (Fsp3) is 0.188. The minimum Gasteiger partial charge on any atom is -0.488 e. The van der Waals surface area contributed by atoms with Crippen LogP contribution in [0.15, 0.2) is 34.8 Å². The topological polar surface area (TPSA) is 59.1 Å². The molecule has 2 aromatic rings. The van der Waals surface area contributed by atoms with Crippen LogP contribution in [0.1, 0.15) is 22.3 Å². The first-order valence-electron chi connectivity index (χ1n) is 6.41. The van der Waals surface area contributed by atoms with Gasteiger partial charge in [0.05, 0.1) is 0 Å². The highest BCUT2D eigenvalue weighted by atomic mass is 79.9. The molecule has 0 aliphatic carbocycles. The molecule has 0 atom stereocenters. The fourth-order valence-electron chi connectivity index (χ4n) is 2.12. The van der Waals surface area contributed by atoms with Crippen LogP contribution in [0.5, 0.6) is 5.75 Å². The van der Waals surface area contributed by atoms with Gasteiger partial charge in [-0.1, -0.05) is 33.6 Å². The molecule has 0 aromatic heterocycles. The molecule has 2 aromatic carbocycles. The normalized spacial score (nSPS) is 10.5. The number of amidine groups is 1. The molecule has 5 heteroatoms. The fourth-order valence-corrected chi connectivity index (χ4v) is 2.85. The predicted octanol–water partition coefficient (Wildman–Crippen LogP) is 4.58. The van der Waals surface area contributed by atoms with E-state index in [4.69, 9.17) is 27.5 Å². The zero-order valence-corrected chi connectivity index (χ0v) is 14.2. The van der Waals surface area contributed by atoms with Crippen LogP contribution in [0.3, 0.4) is 0 Å². The van der Waals surface area contributed by atoms with Gasteiger partial charge >= 0.3 is 0 Å². The van der Waals surface area contributed by atoms with Gasteiger partial charge in [-0.15, -0.1) is 0 Å². The van der Waals surface area contributed by atoms with Gasteiger partial charge in [-0.3, -0.25) is 5.41 Å². The van der Waals surface area contributed by atoms with Crippen molar-refractivity contribution in [2.45, 2.75) is 20.5 Å². The minimum absolute atomic E-state index is 0.0590. The number of rotatable bonds is 4. The summed E-state index contributed by atoms with van der Waals surface area (Å²) in [5.41, 5.74) is 9.06. The summed E-state index contributed by atoms with van der Waals surface area (Å²) in [7, 11) is 0. The van der Waals surface area contributed by atoms with Gasteiger partial charge in [-0.2, -0.15) is 0 Å². The van der Waals surface area contributed by atoms with Crippen molar-refractivity contribution in [2.75, 3.05) is 0 Å². The minimum atomic E-state index is 0.0590. The molecule has 0 unspecified atom stereocenters. The van der Waals surface area contributed by atoms with Crippen LogP contribution >= 0.6 is 27.5 Å². The highest BCUT2D eigenvalue weighted by Crippen LogP contribution is 2.27. The summed E-state index contributed by atoms with van der Waals surface area (Å²) in [6.07, 6.45) is 0. The van der Waals surface area contributed by atoms with E-state index in [1.807, 2.05) is 44.2 Å². The molecule has 0 saturated heterocycles. The Morgan fingerprint density at radius 2 is 1.86 bits per heavy atom. The van der Waals surface area contributed by atoms with Crippen molar-refractivity contribution in [3.05, 3.63) is 62.1 Å². The predicted molar refractivity (Wildman–Crippen MR) is 90.4 cm³/mol. The Balaban J connectivity index is 2.22. The molecule has 0 fully saturated rings. The van der Waals surface area contributed by atoms with Gasteiger partial charge in [0.25, 0.3) is 0 Å². The van der Waals surface area contributed by atoms with Crippen molar-refractivity contribution < 1.29 is 4.74 Å². The lowest BCUT2D eigenvalue weighted by Crippen LogP contribution is -2.12. The maximum absolute atomic E-state index is 7.50. The Morgan fingerprint density at radius 1 is 1.24 bits per heavy atom. The van der Waals surface area contributed by atoms with Gasteiger partial charge in [0.15, 0.2) is 0 Å². The molecule has 0 amide bonds. The summed E-state index contributed by atoms with van der Waals surface area (Å²) in [6, 6.07) is 9.42. The number of halogens is 2. The maximum atomic E-state index is 7.50. The van der Waals surface area contributed by atoms with Gasteiger partial charge in [-0.25, -0.2) is 0 Å². The Morgan fingerprint density at radius 3 is 2.38 bits per heavy atom. The standard InChI is InChI=1S/C16H16BrClN2O/c1-9-5-12(16(19)20)6-10(2)15(9)21-8-11-3-4-13(17)7-14(11)18/h3-7H,8H2,1-2H3,(H3,19,20). The number of benzene rings is 2. The average Bonchev–Trinajstić information content (AvgIpc) is 2.39. The van der Waals surface area contributed by atoms with Crippen LogP contribution in [0.4, 0.5) is 0 Å². The number of aryl methyl sites for hydroxylation is 2. The molecule has 3 nitrogen and oxygen atoms in total. The molecule has 0 saturated carbocycles. The first-order valence-corrected chi connectivity index (χ1v) is 7.58. The molecule has 2 rings (SSSR count). The smallest absolute Gasteiger partial charge is 0.125 e. The highest BCUT2D eigenvalue weighted by Gasteiger charge is 2.09. The van der Waals surface area contributed by atoms with E-state index in [2.05, 4.69) is 15.9 Å². The lowest BCUT2D eigenvalue weighted by atomic mass is 10.1. The second-order valence-corrected chi connectivity index (χ2v) is 6.20.